The fourth-order valence-corrected chi connectivity index (χ4v) is 8.85. The molecule has 2 N–H and O–H groups in total. The van der Waals surface area contributed by atoms with Crippen LogP contribution in [0.5, 0.6) is 11.5 Å². The third-order valence-corrected chi connectivity index (χ3v) is 12.1. The van der Waals surface area contributed by atoms with Crippen molar-refractivity contribution in [3.05, 3.63) is 116 Å². The summed E-state index contributed by atoms with van der Waals surface area (Å²) in [7, 11) is 3.79. The molecule has 8 rings (SSSR count). The predicted molar refractivity (Wildman–Crippen MR) is 216 cm³/mol. The molecule has 2 unspecified atom stereocenters. The Morgan fingerprint density at radius 3 is 2.18 bits per heavy atom. The molecule has 0 aliphatic carbocycles. The van der Waals surface area contributed by atoms with E-state index in [4.69, 9.17) is 4.74 Å². The number of carbonyl (C=O) groups is 4. The highest BCUT2D eigenvalue weighted by Gasteiger charge is 2.46. The van der Waals surface area contributed by atoms with Crippen LogP contribution < -0.4 is 20.9 Å². The molecule has 3 fully saturated rings. The van der Waals surface area contributed by atoms with Gasteiger partial charge in [-0.1, -0.05) is 42.5 Å². The average molecular weight is 838 g/mol. The molecule has 4 amide bonds. The molecule has 4 aliphatic rings. The second kappa shape index (κ2) is 16.3. The molecule has 0 bridgehead atoms. The van der Waals surface area contributed by atoms with Crippen molar-refractivity contribution in [2.75, 3.05) is 51.6 Å². The van der Waals surface area contributed by atoms with Crippen molar-refractivity contribution in [3.63, 3.8) is 0 Å². The van der Waals surface area contributed by atoms with Gasteiger partial charge in [0, 0.05) is 71.9 Å². The maximum atomic E-state index is 13.4. The number of aryl methyl sites for hydroxylation is 1. The summed E-state index contributed by atoms with van der Waals surface area (Å²) in [5, 5.41) is 9.95. The molecule has 3 atom stereocenters. The summed E-state index contributed by atoms with van der Waals surface area (Å²) in [6.07, 6.45) is 2.82. The van der Waals surface area contributed by atoms with Crippen LogP contribution in [0, 0.1) is 0 Å². The van der Waals surface area contributed by atoms with Crippen LogP contribution in [0.1, 0.15) is 62.6 Å². The first-order valence-electron chi connectivity index (χ1n) is 19.3. The third kappa shape index (κ3) is 8.28. The lowest BCUT2D eigenvalue weighted by atomic mass is 9.87. The molecule has 14 nitrogen and oxygen atoms in total. The Labute approximate surface area is 338 Å². The summed E-state index contributed by atoms with van der Waals surface area (Å²) < 4.78 is 7.96. The van der Waals surface area contributed by atoms with E-state index in [1.54, 1.807) is 31.4 Å². The van der Waals surface area contributed by atoms with Crippen molar-refractivity contribution < 1.29 is 23.9 Å². The number of piperazine rings is 1. The normalized spacial score (nSPS) is 22.1. The van der Waals surface area contributed by atoms with Crippen LogP contribution in [0.15, 0.2) is 82.2 Å². The number of likely N-dealkylation sites (tertiary alicyclic amines) is 1. The predicted octanol–water partition coefficient (Wildman–Crippen LogP) is 3.95. The van der Waals surface area contributed by atoms with E-state index in [1.807, 2.05) is 24.3 Å². The molecule has 296 valence electrons. The topological polar surface area (TPSA) is 149 Å². The number of amides is 4. The average Bonchev–Trinajstić information content (AvgIpc) is 3.46. The molecule has 0 spiro atoms. The number of hydrogen-bond acceptors (Lipinski definition) is 11. The van der Waals surface area contributed by atoms with E-state index in [0.717, 1.165) is 74.9 Å². The van der Waals surface area contributed by atoms with E-state index in [2.05, 4.69) is 77.7 Å². The van der Waals surface area contributed by atoms with Gasteiger partial charge in [-0.2, -0.15) is 5.10 Å². The number of likely N-dealkylation sites (N-methyl/N-ethyl adjacent to an activating group) is 1. The molecule has 1 aromatic heterocycles. The number of benzene rings is 3. The van der Waals surface area contributed by atoms with Gasteiger partial charge < -0.3 is 15.0 Å². The van der Waals surface area contributed by atoms with Crippen LogP contribution in [0.4, 0.5) is 5.69 Å². The number of fused-ring (bicyclic) bond motifs is 1. The van der Waals surface area contributed by atoms with Crippen molar-refractivity contribution in [3.8, 4) is 11.5 Å². The van der Waals surface area contributed by atoms with Gasteiger partial charge in [0.25, 0.3) is 17.4 Å². The minimum atomic E-state index is -1.04. The quantitative estimate of drug-likeness (QED) is 0.224. The van der Waals surface area contributed by atoms with Crippen LogP contribution in [-0.4, -0.2) is 111 Å². The maximum Gasteiger partial charge on any atom is 0.282 e. The van der Waals surface area contributed by atoms with Gasteiger partial charge in [-0.05, 0) is 82.7 Å². The number of halogens is 1. The number of aromatic nitrogens is 2. The van der Waals surface area contributed by atoms with Gasteiger partial charge >= 0.3 is 0 Å². The number of carbonyl (C=O) groups excluding carboxylic acids is 4. The number of nitrogens with one attached hydrogen (secondary N) is 2. The van der Waals surface area contributed by atoms with Crippen LogP contribution in [0.3, 0.4) is 0 Å². The Bertz CT molecular complexity index is 2260. The van der Waals surface area contributed by atoms with Crippen molar-refractivity contribution in [1.29, 1.82) is 0 Å². The molecule has 0 saturated carbocycles. The number of ether oxygens (including phenoxy) is 1. The van der Waals surface area contributed by atoms with Gasteiger partial charge in [-0.3, -0.25) is 44.0 Å². The summed E-state index contributed by atoms with van der Waals surface area (Å²) >= 11 is 3.44. The summed E-state index contributed by atoms with van der Waals surface area (Å²) in [6.45, 7) is 7.43. The monoisotopic (exact) mass is 836 g/mol. The van der Waals surface area contributed by atoms with Crippen LogP contribution >= 0.6 is 15.9 Å². The minimum absolute atomic E-state index is 0.0588. The molecular formula is C42H45BrN8O6. The van der Waals surface area contributed by atoms with Gasteiger partial charge in [0.15, 0.2) is 0 Å². The first-order chi connectivity index (χ1) is 27.5. The van der Waals surface area contributed by atoms with Gasteiger partial charge in [-0.15, -0.1) is 0 Å². The summed E-state index contributed by atoms with van der Waals surface area (Å²) in [6, 6.07) is 20.8. The van der Waals surface area contributed by atoms with Crippen molar-refractivity contribution >= 4 is 45.2 Å². The first-order valence-corrected chi connectivity index (χ1v) is 20.1. The van der Waals surface area contributed by atoms with E-state index >= 15 is 0 Å². The highest BCUT2D eigenvalue weighted by molar-refractivity contribution is 9.10. The third-order valence-electron chi connectivity index (χ3n) is 11.4. The zero-order valence-corrected chi connectivity index (χ0v) is 33.5. The van der Waals surface area contributed by atoms with E-state index in [0.29, 0.717) is 16.1 Å². The van der Waals surface area contributed by atoms with Crippen LogP contribution in [0.25, 0.3) is 0 Å². The fraction of sp³-hybridized carbons (Fsp3) is 0.381. The SMILES string of the molecule is CN1CC(c2ccc(CN3CCN(Cc4ccc(Oc5cccc6c5C(=O)N(C5CCC(=O)NC5=O)C6=O)cc4)CC3)cc2)C[C@@H](Nc2cnn(C)c(=O)c2Br)C1. The van der Waals surface area contributed by atoms with Gasteiger partial charge in [0.05, 0.1) is 23.0 Å². The Hall–Kier alpha value is -5.22. The number of imide groups is 2. The van der Waals surface area contributed by atoms with E-state index in [1.165, 1.54) is 15.8 Å². The van der Waals surface area contributed by atoms with E-state index in [9.17, 15) is 24.0 Å². The molecule has 4 aliphatic heterocycles. The minimum Gasteiger partial charge on any atom is -0.457 e. The number of anilines is 1. The Morgan fingerprint density at radius 2 is 1.51 bits per heavy atom. The summed E-state index contributed by atoms with van der Waals surface area (Å²) in [4.78, 5) is 71.3. The number of piperidine rings is 2. The smallest absolute Gasteiger partial charge is 0.282 e. The standard InChI is InChI=1S/C42H45BrN8O6/c1-47-24-29(20-30(25-47)45-33-21-44-48(2)42(56)38(33)43)28-10-6-26(7-11-28)22-49-16-18-50(19-17-49)23-27-8-12-31(13-9-27)57-35-5-3-4-32-37(35)41(55)51(40(32)54)34-14-15-36(52)46-39(34)53/h3-13,21,29-30,34,45H,14-20,22-25H2,1-2H3,(H,46,52,53)/t29?,30-,34?/m1/s1. The van der Waals surface area contributed by atoms with Crippen molar-refractivity contribution in [2.45, 2.75) is 50.4 Å². The first kappa shape index (κ1) is 38.6. The maximum absolute atomic E-state index is 13.4. The van der Waals surface area contributed by atoms with E-state index < -0.39 is 29.7 Å². The molecule has 3 saturated heterocycles. The lowest BCUT2D eigenvalue weighted by molar-refractivity contribution is -0.136. The number of hydrogen-bond donors (Lipinski definition) is 2. The number of rotatable bonds is 10. The molecule has 0 radical (unpaired) electrons. The molecule has 15 heteroatoms. The molecule has 57 heavy (non-hydrogen) atoms. The fourth-order valence-electron chi connectivity index (χ4n) is 8.37. The second-order valence-corrected chi connectivity index (χ2v) is 16.3. The highest BCUT2D eigenvalue weighted by Crippen LogP contribution is 2.36. The Kier molecular flexibility index (Phi) is 11.1. The molecule has 3 aromatic carbocycles. The van der Waals surface area contributed by atoms with Crippen LogP contribution in [-0.2, 0) is 29.7 Å². The highest BCUT2D eigenvalue weighted by atomic mass is 79.9. The van der Waals surface area contributed by atoms with Crippen LogP contribution in [0.2, 0.25) is 0 Å². The Morgan fingerprint density at radius 1 is 0.842 bits per heavy atom. The molecule has 4 aromatic rings. The largest absolute Gasteiger partial charge is 0.457 e. The van der Waals surface area contributed by atoms with E-state index in [-0.39, 0.29) is 41.3 Å². The van der Waals surface area contributed by atoms with Crippen molar-refractivity contribution in [2.24, 2.45) is 7.05 Å². The Balaban J connectivity index is 0.813. The molecule has 5 heterocycles. The number of nitrogens with zero attached hydrogens (tertiary/aromatic N) is 6. The second-order valence-electron chi connectivity index (χ2n) is 15.5. The summed E-state index contributed by atoms with van der Waals surface area (Å²) in [5.41, 5.74) is 4.64. The zero-order valence-electron chi connectivity index (χ0n) is 31.9. The molecular weight excluding hydrogens is 792 g/mol. The zero-order chi connectivity index (χ0) is 39.8. The lowest BCUT2D eigenvalue weighted by Gasteiger charge is -2.37. The summed E-state index contributed by atoms with van der Waals surface area (Å²) in [5.74, 6) is -1.08. The lowest BCUT2D eigenvalue weighted by Crippen LogP contribution is -2.54. The van der Waals surface area contributed by atoms with Gasteiger partial charge in [0.2, 0.25) is 11.8 Å². The van der Waals surface area contributed by atoms with Gasteiger partial charge in [0.1, 0.15) is 22.0 Å². The van der Waals surface area contributed by atoms with Crippen molar-refractivity contribution in [1.82, 2.24) is 34.7 Å². The van der Waals surface area contributed by atoms with Gasteiger partial charge in [-0.25, -0.2) is 4.68 Å².